The van der Waals surface area contributed by atoms with Crippen LogP contribution >= 0.6 is 23.2 Å². The fourth-order valence-electron chi connectivity index (χ4n) is 1.94. The van der Waals surface area contributed by atoms with Gasteiger partial charge in [0.2, 0.25) is 5.88 Å². The molecule has 1 aromatic rings. The third kappa shape index (κ3) is 2.80. The predicted molar refractivity (Wildman–Crippen MR) is 66.5 cm³/mol. The second-order valence-corrected chi connectivity index (χ2v) is 5.00. The molecule has 0 aromatic carbocycles. The van der Waals surface area contributed by atoms with Crippen molar-refractivity contribution in [3.63, 3.8) is 0 Å². The van der Waals surface area contributed by atoms with E-state index in [0.29, 0.717) is 16.1 Å². The minimum Gasteiger partial charge on any atom is -0.474 e. The second-order valence-electron chi connectivity index (χ2n) is 4.24. The van der Waals surface area contributed by atoms with Gasteiger partial charge in [-0.05, 0) is 32.6 Å². The van der Waals surface area contributed by atoms with Crippen molar-refractivity contribution in [1.82, 2.24) is 4.98 Å². The number of pyridine rings is 1. The van der Waals surface area contributed by atoms with Gasteiger partial charge in [0.25, 0.3) is 0 Å². The Bertz CT molecular complexity index is 352. The van der Waals surface area contributed by atoms with Gasteiger partial charge in [0, 0.05) is 11.6 Å². The molecular formula is C12H15Cl2NO. The number of nitrogens with zero attached hydrogens (tertiary/aromatic N) is 1. The monoisotopic (exact) mass is 259 g/mol. The summed E-state index contributed by atoms with van der Waals surface area (Å²) in [5, 5.41) is 1.05. The van der Waals surface area contributed by atoms with Crippen molar-refractivity contribution in [3.05, 3.63) is 21.8 Å². The smallest absolute Gasteiger partial charge is 0.216 e. The number of halogens is 2. The Morgan fingerprint density at radius 1 is 1.25 bits per heavy atom. The van der Waals surface area contributed by atoms with Crippen molar-refractivity contribution in [2.75, 3.05) is 0 Å². The van der Waals surface area contributed by atoms with Gasteiger partial charge in [0.05, 0.1) is 5.02 Å². The van der Waals surface area contributed by atoms with Gasteiger partial charge in [-0.1, -0.05) is 29.6 Å². The normalized spacial score (nSPS) is 17.4. The van der Waals surface area contributed by atoms with Crippen molar-refractivity contribution >= 4 is 23.2 Å². The maximum absolute atomic E-state index is 6.03. The van der Waals surface area contributed by atoms with Gasteiger partial charge < -0.3 is 4.74 Å². The van der Waals surface area contributed by atoms with E-state index in [-0.39, 0.29) is 6.10 Å². The molecule has 1 fully saturated rings. The Labute approximate surface area is 106 Å². The molecule has 0 spiro atoms. The van der Waals surface area contributed by atoms with Crippen LogP contribution in [0.15, 0.2) is 6.07 Å². The van der Waals surface area contributed by atoms with Crippen LogP contribution in [0.4, 0.5) is 0 Å². The zero-order chi connectivity index (χ0) is 11.5. The quantitative estimate of drug-likeness (QED) is 0.735. The van der Waals surface area contributed by atoms with Crippen LogP contribution in [0.2, 0.25) is 10.2 Å². The Kier molecular flexibility index (Phi) is 3.93. The van der Waals surface area contributed by atoms with Crippen molar-refractivity contribution in [2.45, 2.75) is 45.1 Å². The topological polar surface area (TPSA) is 22.1 Å². The molecule has 2 rings (SSSR count). The van der Waals surface area contributed by atoms with Crippen molar-refractivity contribution in [1.29, 1.82) is 0 Å². The van der Waals surface area contributed by atoms with Crippen molar-refractivity contribution in [3.8, 4) is 5.88 Å². The van der Waals surface area contributed by atoms with E-state index in [9.17, 15) is 0 Å². The summed E-state index contributed by atoms with van der Waals surface area (Å²) in [6.45, 7) is 1.85. The van der Waals surface area contributed by atoms with E-state index in [0.717, 1.165) is 18.4 Å². The number of aromatic nitrogens is 1. The molecule has 2 nitrogen and oxygen atoms in total. The molecule has 16 heavy (non-hydrogen) atoms. The van der Waals surface area contributed by atoms with Gasteiger partial charge in [-0.2, -0.15) is 0 Å². The first-order valence-electron chi connectivity index (χ1n) is 5.66. The first kappa shape index (κ1) is 12.0. The number of ether oxygens (including phenoxy) is 1. The number of rotatable bonds is 2. The minimum absolute atomic E-state index is 0.274. The molecule has 88 valence electrons. The molecule has 0 amide bonds. The molecule has 1 heterocycles. The first-order chi connectivity index (χ1) is 7.66. The average Bonchev–Trinajstić information content (AvgIpc) is 2.27. The van der Waals surface area contributed by atoms with Crippen LogP contribution < -0.4 is 4.74 Å². The lowest BCUT2D eigenvalue weighted by Crippen LogP contribution is -2.20. The van der Waals surface area contributed by atoms with E-state index in [1.54, 1.807) is 6.07 Å². The third-order valence-corrected chi connectivity index (χ3v) is 3.73. The lowest BCUT2D eigenvalue weighted by atomic mass is 9.98. The first-order valence-corrected chi connectivity index (χ1v) is 6.41. The van der Waals surface area contributed by atoms with Crippen LogP contribution in [0, 0.1) is 6.92 Å². The van der Waals surface area contributed by atoms with Crippen LogP contribution in [-0.2, 0) is 0 Å². The molecule has 1 aliphatic carbocycles. The maximum atomic E-state index is 6.03. The van der Waals surface area contributed by atoms with Gasteiger partial charge in [-0.15, -0.1) is 0 Å². The van der Waals surface area contributed by atoms with Crippen LogP contribution in [0.3, 0.4) is 0 Å². The molecule has 0 bridgehead atoms. The molecule has 0 atom stereocenters. The summed E-state index contributed by atoms with van der Waals surface area (Å²) >= 11 is 12.0. The van der Waals surface area contributed by atoms with Crippen LogP contribution in [-0.4, -0.2) is 11.1 Å². The standard InChI is InChI=1S/C12H15Cl2NO/c1-8-10(13)7-11(15-12(8)14)16-9-5-3-2-4-6-9/h7,9H,2-6H2,1H3. The van der Waals surface area contributed by atoms with E-state index < -0.39 is 0 Å². The fraction of sp³-hybridized carbons (Fsp3) is 0.583. The summed E-state index contributed by atoms with van der Waals surface area (Å²) in [5.41, 5.74) is 0.805. The Morgan fingerprint density at radius 2 is 1.94 bits per heavy atom. The zero-order valence-corrected chi connectivity index (χ0v) is 10.8. The molecule has 0 radical (unpaired) electrons. The Hall–Kier alpha value is -0.470. The molecule has 1 aromatic heterocycles. The van der Waals surface area contributed by atoms with Crippen LogP contribution in [0.5, 0.6) is 5.88 Å². The molecule has 4 heteroatoms. The molecule has 0 unspecified atom stereocenters. The lowest BCUT2D eigenvalue weighted by Gasteiger charge is -2.22. The lowest BCUT2D eigenvalue weighted by molar-refractivity contribution is 0.148. The second kappa shape index (κ2) is 5.24. The summed E-state index contributed by atoms with van der Waals surface area (Å²) in [7, 11) is 0. The van der Waals surface area contributed by atoms with E-state index in [1.165, 1.54) is 19.3 Å². The summed E-state index contributed by atoms with van der Waals surface area (Å²) < 4.78 is 5.79. The summed E-state index contributed by atoms with van der Waals surface area (Å²) in [6, 6.07) is 1.75. The molecular weight excluding hydrogens is 245 g/mol. The maximum Gasteiger partial charge on any atom is 0.216 e. The molecule has 1 aliphatic rings. The van der Waals surface area contributed by atoms with Gasteiger partial charge in [0.1, 0.15) is 11.3 Å². The predicted octanol–water partition coefficient (Wildman–Crippen LogP) is 4.41. The molecule has 0 aliphatic heterocycles. The highest BCUT2D eigenvalue weighted by molar-refractivity contribution is 6.35. The molecule has 0 saturated heterocycles. The highest BCUT2D eigenvalue weighted by atomic mass is 35.5. The summed E-state index contributed by atoms with van der Waals surface area (Å²) in [4.78, 5) is 4.19. The third-order valence-electron chi connectivity index (χ3n) is 2.97. The van der Waals surface area contributed by atoms with Gasteiger partial charge in [-0.25, -0.2) is 4.98 Å². The van der Waals surface area contributed by atoms with E-state index in [1.807, 2.05) is 6.92 Å². The fourth-order valence-corrected chi connectivity index (χ4v) is 2.36. The minimum atomic E-state index is 0.274. The SMILES string of the molecule is Cc1c(Cl)cc(OC2CCCCC2)nc1Cl. The molecule has 1 saturated carbocycles. The van der Waals surface area contributed by atoms with E-state index in [4.69, 9.17) is 27.9 Å². The van der Waals surface area contributed by atoms with Crippen molar-refractivity contribution in [2.24, 2.45) is 0 Å². The van der Waals surface area contributed by atoms with Gasteiger partial charge in [0.15, 0.2) is 0 Å². The Balaban J connectivity index is 2.09. The van der Waals surface area contributed by atoms with E-state index >= 15 is 0 Å². The summed E-state index contributed by atoms with van der Waals surface area (Å²) in [6.07, 6.45) is 6.25. The number of hydrogen-bond donors (Lipinski definition) is 0. The van der Waals surface area contributed by atoms with E-state index in [2.05, 4.69) is 4.98 Å². The van der Waals surface area contributed by atoms with Crippen LogP contribution in [0.25, 0.3) is 0 Å². The average molecular weight is 260 g/mol. The van der Waals surface area contributed by atoms with Crippen molar-refractivity contribution < 1.29 is 4.74 Å². The zero-order valence-electron chi connectivity index (χ0n) is 9.30. The van der Waals surface area contributed by atoms with Gasteiger partial charge in [-0.3, -0.25) is 0 Å². The number of hydrogen-bond acceptors (Lipinski definition) is 2. The molecule has 0 N–H and O–H groups in total. The largest absolute Gasteiger partial charge is 0.474 e. The highest BCUT2D eigenvalue weighted by Crippen LogP contribution is 2.28. The van der Waals surface area contributed by atoms with Crippen LogP contribution in [0.1, 0.15) is 37.7 Å². The Morgan fingerprint density at radius 3 is 2.56 bits per heavy atom. The highest BCUT2D eigenvalue weighted by Gasteiger charge is 2.16. The van der Waals surface area contributed by atoms with Gasteiger partial charge >= 0.3 is 0 Å². The summed E-state index contributed by atoms with van der Waals surface area (Å²) in [5.74, 6) is 0.549.